The quantitative estimate of drug-likeness (QED) is 0.662. The summed E-state index contributed by atoms with van der Waals surface area (Å²) in [7, 11) is 0. The third kappa shape index (κ3) is 2.34. The summed E-state index contributed by atoms with van der Waals surface area (Å²) in [5.74, 6) is -0.335. The lowest BCUT2D eigenvalue weighted by Gasteiger charge is -2.33. The average Bonchev–Trinajstić information content (AvgIpc) is 2.03. The lowest BCUT2D eigenvalue weighted by molar-refractivity contribution is -0.114. The third-order valence-electron chi connectivity index (χ3n) is 1.99. The lowest BCUT2D eigenvalue weighted by atomic mass is 10.0. The first-order valence-corrected chi connectivity index (χ1v) is 4.37. The molecule has 1 amide bonds. The van der Waals surface area contributed by atoms with Crippen LogP contribution in [0.25, 0.3) is 0 Å². The maximum absolute atomic E-state index is 10.9. The zero-order valence-corrected chi connectivity index (χ0v) is 8.37. The summed E-state index contributed by atoms with van der Waals surface area (Å²) in [4.78, 5) is 12.9. The molecule has 0 aromatic carbocycles. The highest BCUT2D eigenvalue weighted by atomic mass is 16.1. The SMILES string of the molecule is CC(C)(C)N1C=CCC(C(N)=O)=C1. The second-order valence-electron chi connectivity index (χ2n) is 4.19. The van der Waals surface area contributed by atoms with E-state index in [2.05, 4.69) is 20.8 Å². The number of rotatable bonds is 1. The minimum Gasteiger partial charge on any atom is -0.366 e. The van der Waals surface area contributed by atoms with E-state index in [1.807, 2.05) is 23.4 Å². The molecule has 0 radical (unpaired) electrons. The van der Waals surface area contributed by atoms with Gasteiger partial charge in [0.1, 0.15) is 0 Å². The summed E-state index contributed by atoms with van der Waals surface area (Å²) in [6.07, 6.45) is 6.39. The van der Waals surface area contributed by atoms with Gasteiger partial charge in [0, 0.05) is 23.5 Å². The Balaban J connectivity index is 2.85. The van der Waals surface area contributed by atoms with Gasteiger partial charge in [-0.2, -0.15) is 0 Å². The third-order valence-corrected chi connectivity index (χ3v) is 1.99. The predicted octanol–water partition coefficient (Wildman–Crippen LogP) is 1.37. The van der Waals surface area contributed by atoms with E-state index in [1.165, 1.54) is 0 Å². The van der Waals surface area contributed by atoms with Gasteiger partial charge in [-0.15, -0.1) is 0 Å². The van der Waals surface area contributed by atoms with Gasteiger partial charge in [0.05, 0.1) is 0 Å². The maximum atomic E-state index is 10.9. The Morgan fingerprint density at radius 3 is 2.62 bits per heavy atom. The van der Waals surface area contributed by atoms with Crippen LogP contribution < -0.4 is 5.73 Å². The van der Waals surface area contributed by atoms with Crippen LogP contribution in [-0.4, -0.2) is 16.3 Å². The fourth-order valence-corrected chi connectivity index (χ4v) is 1.14. The van der Waals surface area contributed by atoms with E-state index in [-0.39, 0.29) is 11.4 Å². The second-order valence-corrected chi connectivity index (χ2v) is 4.19. The number of nitrogens with two attached hydrogens (primary N) is 1. The molecular formula is C10H16N2O. The summed E-state index contributed by atoms with van der Waals surface area (Å²) in [5.41, 5.74) is 5.87. The van der Waals surface area contributed by atoms with Gasteiger partial charge in [0.2, 0.25) is 5.91 Å². The Labute approximate surface area is 78.9 Å². The molecule has 0 unspecified atom stereocenters. The van der Waals surface area contributed by atoms with Crippen molar-refractivity contribution in [1.82, 2.24) is 4.90 Å². The van der Waals surface area contributed by atoms with Crippen LogP contribution in [0.3, 0.4) is 0 Å². The van der Waals surface area contributed by atoms with Gasteiger partial charge in [-0.25, -0.2) is 0 Å². The molecule has 1 aliphatic rings. The molecule has 1 aliphatic heterocycles. The normalized spacial score (nSPS) is 17.2. The van der Waals surface area contributed by atoms with Crippen LogP contribution in [0.2, 0.25) is 0 Å². The Bertz CT molecular complexity index is 271. The van der Waals surface area contributed by atoms with E-state index in [9.17, 15) is 4.79 Å². The Morgan fingerprint density at radius 1 is 1.54 bits per heavy atom. The fourth-order valence-electron chi connectivity index (χ4n) is 1.14. The van der Waals surface area contributed by atoms with E-state index in [4.69, 9.17) is 5.73 Å². The molecule has 1 rings (SSSR count). The van der Waals surface area contributed by atoms with Crippen molar-refractivity contribution in [2.45, 2.75) is 32.7 Å². The Hall–Kier alpha value is -1.25. The van der Waals surface area contributed by atoms with Gasteiger partial charge in [0.15, 0.2) is 0 Å². The van der Waals surface area contributed by atoms with E-state index < -0.39 is 0 Å². The highest BCUT2D eigenvalue weighted by Crippen LogP contribution is 2.20. The van der Waals surface area contributed by atoms with Crippen molar-refractivity contribution in [3.8, 4) is 0 Å². The first kappa shape index (κ1) is 9.84. The van der Waals surface area contributed by atoms with Crippen LogP contribution in [0.15, 0.2) is 24.0 Å². The van der Waals surface area contributed by atoms with Crippen LogP contribution >= 0.6 is 0 Å². The standard InChI is InChI=1S/C10H16N2O/c1-10(2,3)12-6-4-5-8(7-12)9(11)13/h4,6-7H,5H2,1-3H3,(H2,11,13). The minimum absolute atomic E-state index is 0.00236. The van der Waals surface area contributed by atoms with Gasteiger partial charge >= 0.3 is 0 Å². The van der Waals surface area contributed by atoms with E-state index in [0.29, 0.717) is 12.0 Å². The van der Waals surface area contributed by atoms with Crippen LogP contribution in [0.5, 0.6) is 0 Å². The van der Waals surface area contributed by atoms with Crippen molar-refractivity contribution < 1.29 is 4.79 Å². The lowest BCUT2D eigenvalue weighted by Crippen LogP contribution is -2.35. The van der Waals surface area contributed by atoms with Crippen molar-refractivity contribution in [2.75, 3.05) is 0 Å². The molecule has 2 N–H and O–H groups in total. The summed E-state index contributed by atoms with van der Waals surface area (Å²) < 4.78 is 0. The summed E-state index contributed by atoms with van der Waals surface area (Å²) in [5, 5.41) is 0. The largest absolute Gasteiger partial charge is 0.366 e. The van der Waals surface area contributed by atoms with Crippen LogP contribution in [0.1, 0.15) is 27.2 Å². The van der Waals surface area contributed by atoms with Crippen molar-refractivity contribution in [3.63, 3.8) is 0 Å². The smallest absolute Gasteiger partial charge is 0.246 e. The molecule has 0 aliphatic carbocycles. The fraction of sp³-hybridized carbons (Fsp3) is 0.500. The number of allylic oxidation sites excluding steroid dienone is 1. The molecule has 1 heterocycles. The number of primary amides is 1. The van der Waals surface area contributed by atoms with Crippen LogP contribution in [0.4, 0.5) is 0 Å². The molecular weight excluding hydrogens is 164 g/mol. The molecule has 3 nitrogen and oxygen atoms in total. The van der Waals surface area contributed by atoms with E-state index in [0.717, 1.165) is 0 Å². The first-order chi connectivity index (χ1) is 5.91. The molecule has 0 spiro atoms. The number of nitrogens with zero attached hydrogens (tertiary/aromatic N) is 1. The summed E-state index contributed by atoms with van der Waals surface area (Å²) >= 11 is 0. The van der Waals surface area contributed by atoms with Gasteiger partial charge < -0.3 is 10.6 Å². The molecule has 0 atom stereocenters. The number of amides is 1. The summed E-state index contributed by atoms with van der Waals surface area (Å²) in [6, 6.07) is 0. The van der Waals surface area contributed by atoms with Crippen molar-refractivity contribution in [1.29, 1.82) is 0 Å². The topological polar surface area (TPSA) is 46.3 Å². The van der Waals surface area contributed by atoms with Crippen molar-refractivity contribution >= 4 is 5.91 Å². The van der Waals surface area contributed by atoms with Gasteiger partial charge in [-0.1, -0.05) is 6.08 Å². The van der Waals surface area contributed by atoms with Crippen molar-refractivity contribution in [2.24, 2.45) is 5.73 Å². The number of hydrogen-bond donors (Lipinski definition) is 1. The van der Waals surface area contributed by atoms with Gasteiger partial charge in [-0.3, -0.25) is 4.79 Å². The monoisotopic (exact) mass is 180 g/mol. The zero-order chi connectivity index (χ0) is 10.1. The highest BCUT2D eigenvalue weighted by Gasteiger charge is 2.19. The molecule has 0 saturated carbocycles. The van der Waals surface area contributed by atoms with Gasteiger partial charge in [0.25, 0.3) is 0 Å². The molecule has 13 heavy (non-hydrogen) atoms. The Kier molecular flexibility index (Phi) is 2.45. The summed E-state index contributed by atoms with van der Waals surface area (Å²) in [6.45, 7) is 6.24. The maximum Gasteiger partial charge on any atom is 0.246 e. The molecule has 0 aromatic heterocycles. The second kappa shape index (κ2) is 3.24. The first-order valence-electron chi connectivity index (χ1n) is 4.37. The predicted molar refractivity (Wildman–Crippen MR) is 52.6 cm³/mol. The highest BCUT2D eigenvalue weighted by molar-refractivity contribution is 5.92. The minimum atomic E-state index is -0.335. The van der Waals surface area contributed by atoms with E-state index >= 15 is 0 Å². The molecule has 0 saturated heterocycles. The average molecular weight is 180 g/mol. The van der Waals surface area contributed by atoms with Crippen molar-refractivity contribution in [3.05, 3.63) is 24.0 Å². The number of hydrogen-bond acceptors (Lipinski definition) is 2. The molecule has 3 heteroatoms. The van der Waals surface area contributed by atoms with E-state index in [1.54, 1.807) is 0 Å². The zero-order valence-electron chi connectivity index (χ0n) is 8.37. The van der Waals surface area contributed by atoms with Crippen LogP contribution in [0, 0.1) is 0 Å². The molecule has 72 valence electrons. The van der Waals surface area contributed by atoms with Gasteiger partial charge in [-0.05, 0) is 27.2 Å². The Morgan fingerprint density at radius 2 is 2.15 bits per heavy atom. The van der Waals surface area contributed by atoms with Crippen LogP contribution in [-0.2, 0) is 4.79 Å². The number of carbonyl (C=O) groups is 1. The molecule has 0 fully saturated rings. The molecule has 0 aromatic rings. The molecule has 0 bridgehead atoms. The number of carbonyl (C=O) groups excluding carboxylic acids is 1.